The first-order valence-electron chi connectivity index (χ1n) is 6.04. The first kappa shape index (κ1) is 17.3. The number of nitrogens with zero attached hydrogens (tertiary/aromatic N) is 3. The molecule has 0 radical (unpaired) electrons. The zero-order valence-corrected chi connectivity index (χ0v) is 12.8. The molecule has 0 atom stereocenters. The predicted octanol–water partition coefficient (Wildman–Crippen LogP) is 3.23. The molecule has 0 aliphatic carbocycles. The van der Waals surface area contributed by atoms with Gasteiger partial charge in [-0.05, 0) is 51.3 Å². The molecule has 0 aliphatic rings. The van der Waals surface area contributed by atoms with Crippen molar-refractivity contribution in [2.24, 2.45) is 9.98 Å². The molecule has 1 heterocycles. The highest BCUT2D eigenvalue weighted by molar-refractivity contribution is 7.09. The Morgan fingerprint density at radius 1 is 1.22 bits per heavy atom. The highest BCUT2D eigenvalue weighted by atomic mass is 35.5. The lowest BCUT2D eigenvalue weighted by Crippen LogP contribution is -2.13. The van der Waals surface area contributed by atoms with Crippen molar-refractivity contribution in [3.05, 3.63) is 22.4 Å². The average Bonchev–Trinajstić information content (AvgIpc) is 2.79. The van der Waals surface area contributed by atoms with Crippen LogP contribution in [0.15, 0.2) is 27.5 Å². The van der Waals surface area contributed by atoms with Gasteiger partial charge in [0.1, 0.15) is 0 Å². The van der Waals surface area contributed by atoms with Crippen molar-refractivity contribution in [2.45, 2.75) is 19.3 Å². The molecule has 0 fully saturated rings. The molecule has 5 heteroatoms. The van der Waals surface area contributed by atoms with E-state index in [4.69, 9.17) is 0 Å². The van der Waals surface area contributed by atoms with Gasteiger partial charge in [0, 0.05) is 4.88 Å². The summed E-state index contributed by atoms with van der Waals surface area (Å²) in [5.74, 6) is 0. The van der Waals surface area contributed by atoms with E-state index in [0.29, 0.717) is 0 Å². The van der Waals surface area contributed by atoms with Crippen LogP contribution in [-0.4, -0.2) is 44.6 Å². The van der Waals surface area contributed by atoms with Crippen LogP contribution in [0.25, 0.3) is 0 Å². The molecule has 102 valence electrons. The second-order valence-corrected chi connectivity index (χ2v) is 5.24. The van der Waals surface area contributed by atoms with Gasteiger partial charge in [0.25, 0.3) is 0 Å². The Hall–Kier alpha value is -0.670. The SMILES string of the molecule is CN(C)CCCN=C=NCCCc1cccs1.Cl. The minimum absolute atomic E-state index is 0. The third-order valence-corrected chi connectivity index (χ3v) is 3.23. The van der Waals surface area contributed by atoms with Crippen LogP contribution in [0.5, 0.6) is 0 Å². The van der Waals surface area contributed by atoms with Crippen molar-refractivity contribution in [3.63, 3.8) is 0 Å². The molecular formula is C13H22ClN3S. The number of halogens is 1. The van der Waals surface area contributed by atoms with Crippen LogP contribution in [0, 0.1) is 0 Å². The van der Waals surface area contributed by atoms with Crippen LogP contribution < -0.4 is 0 Å². The number of thiophene rings is 1. The van der Waals surface area contributed by atoms with Crippen molar-refractivity contribution in [1.29, 1.82) is 0 Å². The van der Waals surface area contributed by atoms with Crippen LogP contribution in [0.4, 0.5) is 0 Å². The third kappa shape index (κ3) is 9.37. The third-order valence-electron chi connectivity index (χ3n) is 2.29. The molecule has 0 saturated heterocycles. The fraction of sp³-hybridized carbons (Fsp3) is 0.615. The molecule has 3 nitrogen and oxygen atoms in total. The van der Waals surface area contributed by atoms with Crippen molar-refractivity contribution in [1.82, 2.24) is 4.90 Å². The van der Waals surface area contributed by atoms with E-state index in [-0.39, 0.29) is 12.4 Å². The van der Waals surface area contributed by atoms with Gasteiger partial charge < -0.3 is 4.90 Å². The lowest BCUT2D eigenvalue weighted by molar-refractivity contribution is 0.403. The quantitative estimate of drug-likeness (QED) is 0.533. The van der Waals surface area contributed by atoms with E-state index < -0.39 is 0 Å². The van der Waals surface area contributed by atoms with Gasteiger partial charge in [0.2, 0.25) is 0 Å². The van der Waals surface area contributed by atoms with E-state index in [9.17, 15) is 0 Å². The van der Waals surface area contributed by atoms with Gasteiger partial charge >= 0.3 is 0 Å². The highest BCUT2D eigenvalue weighted by Crippen LogP contribution is 2.10. The Kier molecular flexibility index (Phi) is 11.0. The molecule has 1 rings (SSSR count). The molecule has 0 spiro atoms. The summed E-state index contributed by atoms with van der Waals surface area (Å²) in [6, 6.07) is 7.04. The fourth-order valence-corrected chi connectivity index (χ4v) is 2.15. The van der Waals surface area contributed by atoms with E-state index in [0.717, 1.165) is 38.9 Å². The standard InChI is InChI=1S/C13H21N3S.ClH/c1-16(2)10-5-9-15-12-14-8-3-6-13-7-4-11-17-13;/h4,7,11H,3,5-6,8-10H2,1-2H3;1H. The Balaban J connectivity index is 0.00000289. The fourth-order valence-electron chi connectivity index (χ4n) is 1.40. The Morgan fingerprint density at radius 2 is 1.94 bits per heavy atom. The maximum atomic E-state index is 4.16. The average molecular weight is 288 g/mol. The minimum atomic E-state index is 0. The van der Waals surface area contributed by atoms with Gasteiger partial charge in [-0.2, -0.15) is 0 Å². The molecule has 1 aromatic heterocycles. The van der Waals surface area contributed by atoms with Crippen LogP contribution in [0.3, 0.4) is 0 Å². The summed E-state index contributed by atoms with van der Waals surface area (Å²) in [5, 5.41) is 2.12. The highest BCUT2D eigenvalue weighted by Gasteiger charge is 1.91. The van der Waals surface area contributed by atoms with Gasteiger partial charge in [-0.3, -0.25) is 0 Å². The normalized spacial score (nSPS) is 9.72. The van der Waals surface area contributed by atoms with E-state index in [1.54, 1.807) is 0 Å². The molecule has 0 aliphatic heterocycles. The Bertz CT molecular complexity index is 343. The zero-order chi connectivity index (χ0) is 12.3. The summed E-state index contributed by atoms with van der Waals surface area (Å²) in [7, 11) is 4.14. The second kappa shape index (κ2) is 11.4. The number of aliphatic imine (C=N–C) groups is 2. The molecule has 18 heavy (non-hydrogen) atoms. The molecule has 0 bridgehead atoms. The number of aryl methyl sites for hydroxylation is 1. The lowest BCUT2D eigenvalue weighted by atomic mass is 10.3. The first-order chi connectivity index (χ1) is 8.29. The van der Waals surface area contributed by atoms with Crippen LogP contribution in [-0.2, 0) is 6.42 Å². The lowest BCUT2D eigenvalue weighted by Gasteiger charge is -2.05. The van der Waals surface area contributed by atoms with E-state index in [2.05, 4.69) is 52.5 Å². The van der Waals surface area contributed by atoms with E-state index >= 15 is 0 Å². The van der Waals surface area contributed by atoms with Crippen molar-refractivity contribution >= 4 is 29.8 Å². The molecule has 0 unspecified atom stereocenters. The number of hydrogen-bond donors (Lipinski definition) is 0. The van der Waals surface area contributed by atoms with Crippen molar-refractivity contribution in [3.8, 4) is 0 Å². The summed E-state index contributed by atoms with van der Waals surface area (Å²) in [6.45, 7) is 2.73. The number of hydrogen-bond acceptors (Lipinski definition) is 4. The first-order valence-corrected chi connectivity index (χ1v) is 6.92. The summed E-state index contributed by atoms with van der Waals surface area (Å²) in [4.78, 5) is 11.9. The molecule has 1 aromatic rings. The topological polar surface area (TPSA) is 28.0 Å². The second-order valence-electron chi connectivity index (χ2n) is 4.20. The molecule has 0 N–H and O–H groups in total. The van der Waals surface area contributed by atoms with Gasteiger partial charge in [-0.15, -0.1) is 23.7 Å². The van der Waals surface area contributed by atoms with Crippen LogP contribution in [0.2, 0.25) is 0 Å². The maximum absolute atomic E-state index is 4.16. The van der Waals surface area contributed by atoms with Gasteiger partial charge in [-0.25, -0.2) is 9.98 Å². The largest absolute Gasteiger partial charge is 0.309 e. The molecule has 0 amide bonds. The van der Waals surface area contributed by atoms with Crippen molar-refractivity contribution < 1.29 is 0 Å². The molecule has 0 aromatic carbocycles. The summed E-state index contributed by atoms with van der Waals surface area (Å²) < 4.78 is 0. The summed E-state index contributed by atoms with van der Waals surface area (Å²) in [5.41, 5.74) is 0. The summed E-state index contributed by atoms with van der Waals surface area (Å²) >= 11 is 1.81. The monoisotopic (exact) mass is 287 g/mol. The van der Waals surface area contributed by atoms with Gasteiger partial charge in [0.15, 0.2) is 0 Å². The molecule has 0 saturated carbocycles. The number of rotatable bonds is 8. The predicted molar refractivity (Wildman–Crippen MR) is 82.7 cm³/mol. The summed E-state index contributed by atoms with van der Waals surface area (Å²) in [6.07, 6.45) is 3.27. The van der Waals surface area contributed by atoms with Crippen molar-refractivity contribution in [2.75, 3.05) is 33.7 Å². The maximum Gasteiger partial charge on any atom is 0.0892 e. The van der Waals surface area contributed by atoms with Crippen LogP contribution in [0.1, 0.15) is 17.7 Å². The molecular weight excluding hydrogens is 266 g/mol. The Labute approximate surface area is 120 Å². The van der Waals surface area contributed by atoms with Gasteiger partial charge in [0.05, 0.1) is 19.1 Å². The van der Waals surface area contributed by atoms with Crippen LogP contribution >= 0.6 is 23.7 Å². The van der Waals surface area contributed by atoms with Gasteiger partial charge in [-0.1, -0.05) is 6.07 Å². The van der Waals surface area contributed by atoms with E-state index in [1.165, 1.54) is 4.88 Å². The zero-order valence-electron chi connectivity index (χ0n) is 11.1. The Morgan fingerprint density at radius 3 is 2.56 bits per heavy atom. The van der Waals surface area contributed by atoms with E-state index in [1.807, 2.05) is 11.3 Å². The smallest absolute Gasteiger partial charge is 0.0892 e. The minimum Gasteiger partial charge on any atom is -0.309 e.